The van der Waals surface area contributed by atoms with E-state index in [9.17, 15) is 4.79 Å². The monoisotopic (exact) mass is 421 g/mol. The molecule has 0 aliphatic carbocycles. The van der Waals surface area contributed by atoms with Crippen LogP contribution in [0.1, 0.15) is 20.8 Å². The average molecular weight is 422 g/mol. The molecule has 8 nitrogen and oxygen atoms in total. The van der Waals surface area contributed by atoms with E-state index in [1.807, 2.05) is 14.1 Å². The first kappa shape index (κ1) is 21.0. The van der Waals surface area contributed by atoms with Crippen LogP contribution < -0.4 is 20.0 Å². The number of hydrogen-bond donors (Lipinski definition) is 2. The fourth-order valence-corrected chi connectivity index (χ4v) is 3.96. The number of piperazine rings is 1. The minimum absolute atomic E-state index is 0.133. The SMILES string of the molecule is CN(C)c1ccc2cc(N3CCN(c4nccnc4NC(C)(C)C)CC3C=O)[nH]c2c1. The van der Waals surface area contributed by atoms with Crippen LogP contribution in [0.2, 0.25) is 0 Å². The highest BCUT2D eigenvalue weighted by molar-refractivity contribution is 5.88. The smallest absolute Gasteiger partial charge is 0.171 e. The highest BCUT2D eigenvalue weighted by atomic mass is 16.1. The molecule has 4 rings (SSSR count). The van der Waals surface area contributed by atoms with E-state index in [2.05, 4.69) is 80.0 Å². The molecule has 1 unspecified atom stereocenters. The molecule has 0 radical (unpaired) electrons. The summed E-state index contributed by atoms with van der Waals surface area (Å²) in [6.07, 6.45) is 4.42. The number of carbonyl (C=O) groups is 1. The van der Waals surface area contributed by atoms with E-state index in [-0.39, 0.29) is 11.6 Å². The number of nitrogens with one attached hydrogen (secondary N) is 2. The van der Waals surface area contributed by atoms with Crippen molar-refractivity contribution >= 4 is 40.3 Å². The molecule has 1 aliphatic rings. The summed E-state index contributed by atoms with van der Waals surface area (Å²) in [6.45, 7) is 8.29. The molecule has 3 aromatic rings. The molecule has 1 saturated heterocycles. The molecular weight excluding hydrogens is 390 g/mol. The normalized spacial score (nSPS) is 17.1. The molecule has 31 heavy (non-hydrogen) atoms. The van der Waals surface area contributed by atoms with E-state index < -0.39 is 0 Å². The van der Waals surface area contributed by atoms with Crippen LogP contribution in [-0.2, 0) is 4.79 Å². The fraction of sp³-hybridized carbons (Fsp3) is 0.435. The van der Waals surface area contributed by atoms with Crippen LogP contribution in [-0.4, -0.2) is 66.5 Å². The van der Waals surface area contributed by atoms with Gasteiger partial charge in [0.05, 0.1) is 0 Å². The van der Waals surface area contributed by atoms with Gasteiger partial charge >= 0.3 is 0 Å². The Kier molecular flexibility index (Phi) is 5.47. The summed E-state index contributed by atoms with van der Waals surface area (Å²) in [5.74, 6) is 2.50. The van der Waals surface area contributed by atoms with E-state index in [0.717, 1.165) is 46.9 Å². The fourth-order valence-electron chi connectivity index (χ4n) is 3.96. The molecule has 0 spiro atoms. The van der Waals surface area contributed by atoms with Gasteiger partial charge in [-0.3, -0.25) is 0 Å². The summed E-state index contributed by atoms with van der Waals surface area (Å²) >= 11 is 0. The van der Waals surface area contributed by atoms with Crippen molar-refractivity contribution in [2.24, 2.45) is 0 Å². The van der Waals surface area contributed by atoms with Gasteiger partial charge < -0.3 is 29.8 Å². The lowest BCUT2D eigenvalue weighted by Gasteiger charge is -2.40. The number of nitrogens with zero attached hydrogens (tertiary/aromatic N) is 5. The first-order valence-corrected chi connectivity index (χ1v) is 10.6. The molecule has 1 aromatic carbocycles. The zero-order valence-electron chi connectivity index (χ0n) is 18.9. The second-order valence-corrected chi connectivity index (χ2v) is 9.27. The van der Waals surface area contributed by atoms with Gasteiger partial charge in [-0.15, -0.1) is 0 Å². The summed E-state index contributed by atoms with van der Waals surface area (Å²) in [5, 5.41) is 4.56. The Bertz CT molecular complexity index is 1070. The first-order chi connectivity index (χ1) is 14.7. The Balaban J connectivity index is 1.58. The molecule has 1 atom stereocenters. The molecule has 0 bridgehead atoms. The van der Waals surface area contributed by atoms with Crippen molar-refractivity contribution in [3.05, 3.63) is 36.7 Å². The van der Waals surface area contributed by atoms with Gasteiger partial charge in [-0.05, 0) is 39.0 Å². The Morgan fingerprint density at radius 1 is 1.16 bits per heavy atom. The lowest BCUT2D eigenvalue weighted by molar-refractivity contribution is -0.109. The predicted molar refractivity (Wildman–Crippen MR) is 127 cm³/mol. The number of rotatable bonds is 5. The summed E-state index contributed by atoms with van der Waals surface area (Å²) in [7, 11) is 4.06. The van der Waals surface area contributed by atoms with Gasteiger partial charge in [-0.2, -0.15) is 0 Å². The van der Waals surface area contributed by atoms with Gasteiger partial charge in [0.25, 0.3) is 0 Å². The maximum atomic E-state index is 12.1. The van der Waals surface area contributed by atoms with E-state index in [1.54, 1.807) is 12.4 Å². The summed E-state index contributed by atoms with van der Waals surface area (Å²) < 4.78 is 0. The highest BCUT2D eigenvalue weighted by Gasteiger charge is 2.30. The zero-order valence-corrected chi connectivity index (χ0v) is 18.9. The average Bonchev–Trinajstić information content (AvgIpc) is 3.15. The number of benzene rings is 1. The Hall–Kier alpha value is -3.29. The quantitative estimate of drug-likeness (QED) is 0.613. The van der Waals surface area contributed by atoms with Gasteiger partial charge in [0, 0.05) is 68.3 Å². The largest absolute Gasteiger partial charge is 0.378 e. The van der Waals surface area contributed by atoms with Crippen molar-refractivity contribution in [1.29, 1.82) is 0 Å². The van der Waals surface area contributed by atoms with Crippen molar-refractivity contribution in [2.45, 2.75) is 32.4 Å². The molecule has 164 valence electrons. The van der Waals surface area contributed by atoms with Crippen LogP contribution in [0.25, 0.3) is 10.9 Å². The molecule has 2 aromatic heterocycles. The second-order valence-electron chi connectivity index (χ2n) is 9.27. The topological polar surface area (TPSA) is 80.4 Å². The number of fused-ring (bicyclic) bond motifs is 1. The van der Waals surface area contributed by atoms with Crippen LogP contribution in [0.15, 0.2) is 36.7 Å². The van der Waals surface area contributed by atoms with E-state index >= 15 is 0 Å². The summed E-state index contributed by atoms with van der Waals surface area (Å²) in [6, 6.07) is 8.19. The molecule has 8 heteroatoms. The van der Waals surface area contributed by atoms with E-state index in [4.69, 9.17) is 0 Å². The predicted octanol–water partition coefficient (Wildman–Crippen LogP) is 3.13. The van der Waals surface area contributed by atoms with Crippen LogP contribution >= 0.6 is 0 Å². The minimum Gasteiger partial charge on any atom is -0.378 e. The first-order valence-electron chi connectivity index (χ1n) is 10.6. The lowest BCUT2D eigenvalue weighted by Crippen LogP contribution is -2.54. The van der Waals surface area contributed by atoms with E-state index in [0.29, 0.717) is 13.1 Å². The lowest BCUT2D eigenvalue weighted by atomic mass is 10.1. The maximum Gasteiger partial charge on any atom is 0.171 e. The van der Waals surface area contributed by atoms with Gasteiger partial charge in [0.15, 0.2) is 11.6 Å². The van der Waals surface area contributed by atoms with Gasteiger partial charge in [0.1, 0.15) is 18.1 Å². The van der Waals surface area contributed by atoms with Gasteiger partial charge in [-0.1, -0.05) is 6.07 Å². The van der Waals surface area contributed by atoms with Crippen LogP contribution in [0, 0.1) is 0 Å². The number of aldehydes is 1. The molecule has 1 aliphatic heterocycles. The second kappa shape index (κ2) is 8.09. The number of aromatic nitrogens is 3. The molecule has 1 fully saturated rings. The summed E-state index contributed by atoms with van der Waals surface area (Å²) in [5.41, 5.74) is 2.07. The van der Waals surface area contributed by atoms with Gasteiger partial charge in [0.2, 0.25) is 0 Å². The number of aromatic amines is 1. The number of H-pyrrole nitrogens is 1. The number of hydrogen-bond acceptors (Lipinski definition) is 7. The van der Waals surface area contributed by atoms with Crippen molar-refractivity contribution in [3.8, 4) is 0 Å². The molecule has 0 amide bonds. The summed E-state index contributed by atoms with van der Waals surface area (Å²) in [4.78, 5) is 31.0. The number of carbonyl (C=O) groups excluding carboxylic acids is 1. The van der Waals surface area contributed by atoms with Crippen molar-refractivity contribution in [1.82, 2.24) is 15.0 Å². The van der Waals surface area contributed by atoms with Crippen molar-refractivity contribution < 1.29 is 4.79 Å². The molecular formula is C23H31N7O. The van der Waals surface area contributed by atoms with Crippen LogP contribution in [0.5, 0.6) is 0 Å². The zero-order chi connectivity index (χ0) is 22.2. The third-order valence-electron chi connectivity index (χ3n) is 5.47. The van der Waals surface area contributed by atoms with Crippen LogP contribution in [0.4, 0.5) is 23.1 Å². The third kappa shape index (κ3) is 4.42. The third-order valence-corrected chi connectivity index (χ3v) is 5.47. The Labute approximate surface area is 183 Å². The van der Waals surface area contributed by atoms with Crippen LogP contribution in [0.3, 0.4) is 0 Å². The van der Waals surface area contributed by atoms with Crippen molar-refractivity contribution in [2.75, 3.05) is 53.7 Å². The highest BCUT2D eigenvalue weighted by Crippen LogP contribution is 2.30. The molecule has 0 saturated carbocycles. The minimum atomic E-state index is -0.278. The van der Waals surface area contributed by atoms with E-state index in [1.165, 1.54) is 0 Å². The Morgan fingerprint density at radius 2 is 1.94 bits per heavy atom. The number of anilines is 4. The Morgan fingerprint density at radius 3 is 2.65 bits per heavy atom. The standard InChI is InChI=1S/C23H31N7O/c1-23(2,3)27-21-22(25-9-8-24-21)29-10-11-30(18(14-29)15-31)20-12-16-6-7-17(28(4)5)13-19(16)26-20/h6-9,12-13,15,18,26H,10-11,14H2,1-5H3,(H,24,27). The van der Waals surface area contributed by atoms with Crippen molar-refractivity contribution in [3.63, 3.8) is 0 Å². The molecule has 2 N–H and O–H groups in total. The van der Waals surface area contributed by atoms with Gasteiger partial charge in [-0.25, -0.2) is 9.97 Å². The molecule has 3 heterocycles. The maximum absolute atomic E-state index is 12.1.